The van der Waals surface area contributed by atoms with Crippen LogP contribution in [0.25, 0.3) is 0 Å². The van der Waals surface area contributed by atoms with E-state index in [9.17, 15) is 14.9 Å². The zero-order valence-corrected chi connectivity index (χ0v) is 14.7. The number of hydrogen-bond acceptors (Lipinski definition) is 4. The molecule has 1 aliphatic carbocycles. The molecular formula is C19H24N4O2. The molecule has 1 saturated carbocycles. The van der Waals surface area contributed by atoms with Crippen molar-refractivity contribution in [1.82, 2.24) is 10.6 Å². The van der Waals surface area contributed by atoms with Crippen LogP contribution >= 0.6 is 0 Å². The van der Waals surface area contributed by atoms with E-state index in [-0.39, 0.29) is 30.3 Å². The van der Waals surface area contributed by atoms with Crippen LogP contribution in [0.3, 0.4) is 0 Å². The highest BCUT2D eigenvalue weighted by Crippen LogP contribution is 2.39. The summed E-state index contributed by atoms with van der Waals surface area (Å²) in [6.45, 7) is 3.96. The first-order chi connectivity index (χ1) is 11.9. The first-order valence-electron chi connectivity index (χ1n) is 8.79. The summed E-state index contributed by atoms with van der Waals surface area (Å²) in [6, 6.07) is 8.19. The Morgan fingerprint density at radius 3 is 2.88 bits per heavy atom. The van der Waals surface area contributed by atoms with E-state index in [1.165, 1.54) is 0 Å². The molecule has 3 rings (SSSR count). The summed E-state index contributed by atoms with van der Waals surface area (Å²) in [5.41, 5.74) is 2.32. The van der Waals surface area contributed by atoms with Crippen LogP contribution < -0.4 is 16.0 Å². The number of fused-ring (bicyclic) bond motifs is 1. The molecule has 25 heavy (non-hydrogen) atoms. The van der Waals surface area contributed by atoms with Crippen molar-refractivity contribution in [2.75, 3.05) is 11.9 Å². The normalized spacial score (nSPS) is 19.8. The van der Waals surface area contributed by atoms with E-state index in [0.717, 1.165) is 36.1 Å². The van der Waals surface area contributed by atoms with Crippen LogP contribution in [-0.4, -0.2) is 23.9 Å². The number of hydrogen-bond donors (Lipinski definition) is 3. The van der Waals surface area contributed by atoms with Crippen molar-refractivity contribution in [3.63, 3.8) is 0 Å². The molecule has 2 amide bonds. The van der Waals surface area contributed by atoms with Crippen LogP contribution in [0.4, 0.5) is 5.69 Å². The summed E-state index contributed by atoms with van der Waals surface area (Å²) in [5, 5.41) is 18.3. The van der Waals surface area contributed by atoms with Crippen LogP contribution in [0.15, 0.2) is 18.2 Å². The van der Waals surface area contributed by atoms with Crippen LogP contribution in [0.5, 0.6) is 0 Å². The standard InChI is InChI=1S/C19H24N4O2/c1-12(13-3-7-16-14(9-13)4-8-17(24)22-16)21-10-18(25)23-19(2,11-20)15-5-6-15/h3,7,9,12,15,21H,4-6,8,10H2,1-2H3,(H,22,24)(H,23,25)/t12-,19+/m1/s1. The molecule has 6 nitrogen and oxygen atoms in total. The average Bonchev–Trinajstić information content (AvgIpc) is 3.44. The first kappa shape index (κ1) is 17.4. The maximum atomic E-state index is 12.2. The summed E-state index contributed by atoms with van der Waals surface area (Å²) in [4.78, 5) is 23.6. The van der Waals surface area contributed by atoms with Gasteiger partial charge in [-0.05, 0) is 56.2 Å². The number of nitrogens with zero attached hydrogens (tertiary/aromatic N) is 1. The van der Waals surface area contributed by atoms with Gasteiger partial charge in [-0.2, -0.15) is 5.26 Å². The van der Waals surface area contributed by atoms with Crippen molar-refractivity contribution in [1.29, 1.82) is 5.26 Å². The van der Waals surface area contributed by atoms with Gasteiger partial charge in [-0.3, -0.25) is 9.59 Å². The Bertz CT molecular complexity index is 735. The molecule has 3 N–H and O–H groups in total. The van der Waals surface area contributed by atoms with E-state index in [1.807, 2.05) is 19.1 Å². The molecule has 0 unspecified atom stereocenters. The number of amides is 2. The van der Waals surface area contributed by atoms with Crippen LogP contribution in [-0.2, 0) is 16.0 Å². The molecule has 6 heteroatoms. The Hall–Kier alpha value is -2.39. The summed E-state index contributed by atoms with van der Waals surface area (Å²) in [6.07, 6.45) is 3.25. The lowest BCUT2D eigenvalue weighted by Gasteiger charge is -2.24. The summed E-state index contributed by atoms with van der Waals surface area (Å²) >= 11 is 0. The molecular weight excluding hydrogens is 316 g/mol. The minimum atomic E-state index is -0.758. The Morgan fingerprint density at radius 2 is 2.20 bits per heavy atom. The van der Waals surface area contributed by atoms with Crippen LogP contribution in [0.1, 0.15) is 50.3 Å². The number of anilines is 1. The number of carbonyl (C=O) groups is 2. The maximum absolute atomic E-state index is 12.2. The summed E-state index contributed by atoms with van der Waals surface area (Å²) in [7, 11) is 0. The highest BCUT2D eigenvalue weighted by atomic mass is 16.2. The lowest BCUT2D eigenvalue weighted by molar-refractivity contribution is -0.121. The van der Waals surface area contributed by atoms with E-state index >= 15 is 0 Å². The Labute approximate surface area is 148 Å². The molecule has 0 radical (unpaired) electrons. The number of rotatable bonds is 6. The van der Waals surface area contributed by atoms with E-state index < -0.39 is 5.54 Å². The van der Waals surface area contributed by atoms with Crippen LogP contribution in [0.2, 0.25) is 0 Å². The Balaban J connectivity index is 1.56. The molecule has 132 valence electrons. The highest BCUT2D eigenvalue weighted by molar-refractivity contribution is 5.93. The van der Waals surface area contributed by atoms with E-state index in [4.69, 9.17) is 0 Å². The molecule has 0 bridgehead atoms. The van der Waals surface area contributed by atoms with E-state index in [2.05, 4.69) is 28.1 Å². The SMILES string of the molecule is C[C@@H](NCC(=O)N[C@@](C)(C#N)C1CC1)c1ccc2c(c1)CCC(=O)N2. The first-order valence-corrected chi connectivity index (χ1v) is 8.79. The van der Waals surface area contributed by atoms with E-state index in [0.29, 0.717) is 6.42 Å². The van der Waals surface area contributed by atoms with Gasteiger partial charge in [0, 0.05) is 18.2 Å². The second-order valence-corrected chi connectivity index (χ2v) is 7.20. The van der Waals surface area contributed by atoms with Crippen LogP contribution in [0, 0.1) is 17.2 Å². The van der Waals surface area contributed by atoms with Crippen molar-refractivity contribution in [3.05, 3.63) is 29.3 Å². The fourth-order valence-corrected chi connectivity index (χ4v) is 3.25. The summed E-state index contributed by atoms with van der Waals surface area (Å²) < 4.78 is 0. The topological polar surface area (TPSA) is 94.0 Å². The number of benzene rings is 1. The number of nitriles is 1. The molecule has 1 aromatic rings. The fraction of sp³-hybridized carbons (Fsp3) is 0.526. The third-order valence-corrected chi connectivity index (χ3v) is 5.12. The maximum Gasteiger partial charge on any atom is 0.235 e. The van der Waals surface area contributed by atoms with Gasteiger partial charge in [0.25, 0.3) is 0 Å². The molecule has 1 fully saturated rings. The van der Waals surface area contributed by atoms with Crippen molar-refractivity contribution in [2.24, 2.45) is 5.92 Å². The zero-order chi connectivity index (χ0) is 18.0. The van der Waals surface area contributed by atoms with Crippen molar-refractivity contribution in [3.8, 4) is 6.07 Å². The number of aryl methyl sites for hydroxylation is 1. The lowest BCUT2D eigenvalue weighted by Crippen LogP contribution is -2.49. The molecule has 1 aromatic carbocycles. The molecule has 0 spiro atoms. The second kappa shape index (κ2) is 6.85. The summed E-state index contributed by atoms with van der Waals surface area (Å²) in [5.74, 6) is 0.169. The van der Waals surface area contributed by atoms with Gasteiger partial charge < -0.3 is 16.0 Å². The highest BCUT2D eigenvalue weighted by Gasteiger charge is 2.42. The van der Waals surface area contributed by atoms with Gasteiger partial charge >= 0.3 is 0 Å². The number of nitrogens with one attached hydrogen (secondary N) is 3. The molecule has 2 atom stereocenters. The van der Waals surface area contributed by atoms with Crippen molar-refractivity contribution >= 4 is 17.5 Å². The smallest absolute Gasteiger partial charge is 0.235 e. The largest absolute Gasteiger partial charge is 0.337 e. The predicted molar refractivity (Wildman–Crippen MR) is 94.7 cm³/mol. The van der Waals surface area contributed by atoms with Crippen molar-refractivity contribution < 1.29 is 9.59 Å². The minimum absolute atomic E-state index is 0.00273. The fourth-order valence-electron chi connectivity index (χ4n) is 3.25. The monoisotopic (exact) mass is 340 g/mol. The average molecular weight is 340 g/mol. The molecule has 0 aromatic heterocycles. The predicted octanol–water partition coefficient (Wildman–Crippen LogP) is 2.03. The van der Waals surface area contributed by atoms with Gasteiger partial charge in [0.1, 0.15) is 5.54 Å². The minimum Gasteiger partial charge on any atom is -0.337 e. The van der Waals surface area contributed by atoms with Gasteiger partial charge in [-0.15, -0.1) is 0 Å². The zero-order valence-electron chi connectivity index (χ0n) is 14.7. The Morgan fingerprint density at radius 1 is 1.44 bits per heavy atom. The molecule has 1 aliphatic heterocycles. The van der Waals surface area contributed by atoms with Gasteiger partial charge in [-0.1, -0.05) is 12.1 Å². The number of carbonyl (C=O) groups excluding carboxylic acids is 2. The molecule has 0 saturated heterocycles. The van der Waals surface area contributed by atoms with Gasteiger partial charge in [0.2, 0.25) is 11.8 Å². The Kier molecular flexibility index (Phi) is 4.78. The molecule has 2 aliphatic rings. The lowest BCUT2D eigenvalue weighted by atomic mass is 9.97. The molecule has 1 heterocycles. The quantitative estimate of drug-likeness (QED) is 0.738. The van der Waals surface area contributed by atoms with Gasteiger partial charge in [0.05, 0.1) is 12.6 Å². The van der Waals surface area contributed by atoms with Gasteiger partial charge in [0.15, 0.2) is 0 Å². The second-order valence-electron chi connectivity index (χ2n) is 7.20. The third-order valence-electron chi connectivity index (χ3n) is 5.12. The van der Waals surface area contributed by atoms with E-state index in [1.54, 1.807) is 6.92 Å². The van der Waals surface area contributed by atoms with Gasteiger partial charge in [-0.25, -0.2) is 0 Å². The van der Waals surface area contributed by atoms with Crippen molar-refractivity contribution in [2.45, 2.75) is 51.1 Å². The third kappa shape index (κ3) is 3.99.